The van der Waals surface area contributed by atoms with Crippen LogP contribution in [0.5, 0.6) is 5.75 Å². The van der Waals surface area contributed by atoms with E-state index in [0.29, 0.717) is 48.1 Å². The van der Waals surface area contributed by atoms with E-state index in [9.17, 15) is 24.0 Å². The number of nitriles is 1. The number of anilines is 2. The average molecular weight is 780 g/mol. The predicted octanol–water partition coefficient (Wildman–Crippen LogP) is 3.40. The highest BCUT2D eigenvalue weighted by atomic mass is 35.5. The van der Waals surface area contributed by atoms with Crippen molar-refractivity contribution in [2.24, 2.45) is 5.73 Å². The second-order valence-electron chi connectivity index (χ2n) is 15.1. The lowest BCUT2D eigenvalue weighted by Gasteiger charge is -2.43. The fraction of sp³-hybridized carbons (Fsp3) is 0.450. The quantitative estimate of drug-likeness (QED) is 0.329. The Morgan fingerprint density at radius 2 is 1.50 bits per heavy atom. The number of nitrogens with zero attached hydrogens (tertiary/aromatic N) is 8. The number of primary amides is 1. The number of piperazine rings is 1. The van der Waals surface area contributed by atoms with Crippen LogP contribution < -0.4 is 20.3 Å². The van der Waals surface area contributed by atoms with Crippen LogP contribution in [0, 0.1) is 11.3 Å². The maximum Gasteiger partial charge on any atom is 0.269 e. The van der Waals surface area contributed by atoms with Crippen molar-refractivity contribution in [1.29, 1.82) is 5.26 Å². The van der Waals surface area contributed by atoms with Crippen LogP contribution >= 0.6 is 11.6 Å². The minimum atomic E-state index is -1.05. The summed E-state index contributed by atoms with van der Waals surface area (Å²) in [6.45, 7) is 4.89. The Labute approximate surface area is 328 Å². The van der Waals surface area contributed by atoms with Gasteiger partial charge in [-0.2, -0.15) is 5.26 Å². The first-order chi connectivity index (χ1) is 27.1. The number of likely N-dealkylation sites (tertiary alicyclic amines) is 1. The van der Waals surface area contributed by atoms with Gasteiger partial charge in [-0.1, -0.05) is 11.6 Å². The van der Waals surface area contributed by atoms with E-state index in [2.05, 4.69) is 24.9 Å². The number of benzene rings is 2. The number of halogens is 1. The fourth-order valence-corrected chi connectivity index (χ4v) is 9.05. The van der Waals surface area contributed by atoms with E-state index in [0.717, 1.165) is 68.5 Å². The van der Waals surface area contributed by atoms with E-state index in [4.69, 9.17) is 27.3 Å². The normalized spacial score (nSPS) is 23.7. The van der Waals surface area contributed by atoms with Gasteiger partial charge in [0.15, 0.2) is 11.5 Å². The molecule has 5 amide bonds. The Kier molecular flexibility index (Phi) is 10.3. The van der Waals surface area contributed by atoms with Crippen LogP contribution in [0.1, 0.15) is 88.1 Å². The minimum absolute atomic E-state index is 0.0662. The minimum Gasteiger partial charge on any atom is -0.490 e. The summed E-state index contributed by atoms with van der Waals surface area (Å²) in [7, 11) is 0. The van der Waals surface area contributed by atoms with Crippen LogP contribution in [0.25, 0.3) is 0 Å². The van der Waals surface area contributed by atoms with Gasteiger partial charge in [-0.15, -0.1) is 10.2 Å². The summed E-state index contributed by atoms with van der Waals surface area (Å²) in [4.78, 5) is 75.4. The zero-order valence-electron chi connectivity index (χ0n) is 30.8. The largest absolute Gasteiger partial charge is 0.490 e. The molecule has 1 unspecified atom stereocenters. The number of aromatic nitrogens is 2. The summed E-state index contributed by atoms with van der Waals surface area (Å²) in [5.41, 5.74) is 7.21. The third kappa shape index (κ3) is 7.14. The van der Waals surface area contributed by atoms with Gasteiger partial charge >= 0.3 is 0 Å². The number of imide groups is 2. The fourth-order valence-electron chi connectivity index (χ4n) is 8.84. The summed E-state index contributed by atoms with van der Waals surface area (Å²) < 4.78 is 6.10. The zero-order chi connectivity index (χ0) is 39.1. The van der Waals surface area contributed by atoms with Gasteiger partial charge in [0.2, 0.25) is 5.91 Å². The number of carbonyl (C=O) groups excluding carboxylic acids is 5. The predicted molar refractivity (Wildman–Crippen MR) is 204 cm³/mol. The highest BCUT2D eigenvalue weighted by Crippen LogP contribution is 2.35. The van der Waals surface area contributed by atoms with Gasteiger partial charge < -0.3 is 20.3 Å². The number of piperidine rings is 2. The molecule has 1 atom stereocenters. The molecule has 56 heavy (non-hydrogen) atoms. The number of carbonyl (C=O) groups is 5. The van der Waals surface area contributed by atoms with Crippen molar-refractivity contribution in [2.75, 3.05) is 49.1 Å². The van der Waals surface area contributed by atoms with Crippen LogP contribution in [0.15, 0.2) is 48.5 Å². The first-order valence-electron chi connectivity index (χ1n) is 19.2. The zero-order valence-corrected chi connectivity index (χ0v) is 31.6. The average Bonchev–Trinajstić information content (AvgIpc) is 3.46. The van der Waals surface area contributed by atoms with Gasteiger partial charge in [0.1, 0.15) is 17.9 Å². The lowest BCUT2D eigenvalue weighted by atomic mass is 9.89. The Morgan fingerprint density at radius 1 is 0.768 bits per heavy atom. The first kappa shape index (κ1) is 37.3. The van der Waals surface area contributed by atoms with Crippen molar-refractivity contribution in [3.05, 3.63) is 75.9 Å². The maximum atomic E-state index is 14.0. The SMILES string of the molecule is N#Cc1ccc(OC2CCC(N3C(=O)CCC(N4C(=O)c5ccc(N6CCN(C7CCN(c8ccc(C(N)=O)nn8)CC7)CC6)cc5C4=O)C3=O)CC2)cc1Cl. The van der Waals surface area contributed by atoms with E-state index in [1.54, 1.807) is 42.5 Å². The summed E-state index contributed by atoms with van der Waals surface area (Å²) in [5, 5.41) is 17.6. The van der Waals surface area contributed by atoms with Crippen LogP contribution in [0.3, 0.4) is 0 Å². The molecule has 8 rings (SSSR count). The number of rotatable bonds is 8. The molecule has 16 heteroatoms. The summed E-state index contributed by atoms with van der Waals surface area (Å²) >= 11 is 6.17. The third-order valence-electron chi connectivity index (χ3n) is 11.9. The summed E-state index contributed by atoms with van der Waals surface area (Å²) in [6.07, 6.45) is 4.20. The molecule has 1 aromatic heterocycles. The lowest BCUT2D eigenvalue weighted by molar-refractivity contribution is -0.155. The van der Waals surface area contributed by atoms with E-state index in [1.807, 2.05) is 12.1 Å². The summed E-state index contributed by atoms with van der Waals surface area (Å²) in [6, 6.07) is 14.7. The Balaban J connectivity index is 0.856. The van der Waals surface area contributed by atoms with Crippen LogP contribution in [0.2, 0.25) is 5.02 Å². The number of ether oxygens (including phenoxy) is 1. The molecule has 2 aromatic carbocycles. The topological polar surface area (TPSA) is 186 Å². The highest BCUT2D eigenvalue weighted by molar-refractivity contribution is 6.31. The lowest BCUT2D eigenvalue weighted by Crippen LogP contribution is -2.59. The van der Waals surface area contributed by atoms with E-state index < -0.39 is 29.7 Å². The first-order valence-corrected chi connectivity index (χ1v) is 19.6. The van der Waals surface area contributed by atoms with Crippen molar-refractivity contribution in [3.63, 3.8) is 0 Å². The molecular formula is C40H42ClN9O6. The molecule has 5 aliphatic rings. The number of hydrogen-bond acceptors (Lipinski definition) is 12. The van der Waals surface area contributed by atoms with Gasteiger partial charge in [0.25, 0.3) is 23.6 Å². The molecule has 1 aliphatic carbocycles. The highest BCUT2D eigenvalue weighted by Gasteiger charge is 2.49. The van der Waals surface area contributed by atoms with Crippen molar-refractivity contribution in [1.82, 2.24) is 24.9 Å². The van der Waals surface area contributed by atoms with Crippen LogP contribution in [-0.4, -0.2) is 118 Å². The molecule has 0 spiro atoms. The monoisotopic (exact) mass is 779 g/mol. The van der Waals surface area contributed by atoms with Crippen LogP contribution in [-0.2, 0) is 9.59 Å². The van der Waals surface area contributed by atoms with Crippen molar-refractivity contribution in [2.45, 2.75) is 75.6 Å². The smallest absolute Gasteiger partial charge is 0.269 e. The van der Waals surface area contributed by atoms with Gasteiger partial charge in [-0.3, -0.25) is 38.7 Å². The molecule has 3 saturated heterocycles. The van der Waals surface area contributed by atoms with Gasteiger partial charge in [-0.25, -0.2) is 0 Å². The Morgan fingerprint density at radius 3 is 2.16 bits per heavy atom. The molecule has 3 aromatic rings. The number of nitrogens with two attached hydrogens (primary N) is 1. The van der Waals surface area contributed by atoms with E-state index in [1.165, 1.54) is 4.90 Å². The Hall–Kier alpha value is -5.59. The van der Waals surface area contributed by atoms with Crippen molar-refractivity contribution in [3.8, 4) is 11.8 Å². The molecule has 1 saturated carbocycles. The number of fused-ring (bicyclic) bond motifs is 1. The second kappa shape index (κ2) is 15.5. The molecule has 290 valence electrons. The van der Waals surface area contributed by atoms with Crippen molar-refractivity contribution < 1.29 is 28.7 Å². The second-order valence-corrected chi connectivity index (χ2v) is 15.5. The van der Waals surface area contributed by atoms with Gasteiger partial charge in [-0.05, 0) is 87.4 Å². The van der Waals surface area contributed by atoms with Crippen LogP contribution in [0.4, 0.5) is 11.5 Å². The molecule has 0 bridgehead atoms. The molecule has 15 nitrogen and oxygen atoms in total. The molecule has 5 heterocycles. The number of amides is 5. The molecule has 2 N–H and O–H groups in total. The Bertz CT molecular complexity index is 2100. The molecule has 4 aliphatic heterocycles. The number of hydrogen-bond donors (Lipinski definition) is 1. The van der Waals surface area contributed by atoms with E-state index in [-0.39, 0.29) is 47.7 Å². The van der Waals surface area contributed by atoms with Gasteiger partial charge in [0.05, 0.1) is 27.8 Å². The third-order valence-corrected chi connectivity index (χ3v) is 12.2. The van der Waals surface area contributed by atoms with E-state index >= 15 is 0 Å². The molecule has 0 radical (unpaired) electrons. The summed E-state index contributed by atoms with van der Waals surface area (Å²) in [5.74, 6) is -1.12. The molecule has 4 fully saturated rings. The maximum absolute atomic E-state index is 14.0. The van der Waals surface area contributed by atoms with Gasteiger partial charge in [0, 0.05) is 69.5 Å². The molecular weight excluding hydrogens is 738 g/mol. The standard InChI is InChI=1S/C40H42ClN9O6/c41-32-22-29(5-1-24(32)23-42)56-28-6-2-26(3-7-28)49-36(51)12-10-34(40(49)55)50-38(53)30-8-4-27(21-31(30)39(50)54)47-19-17-46(18-20-47)25-13-15-48(16-14-25)35-11-9-33(37(43)52)44-45-35/h1,4-5,8-9,11,21-22,25-26,28,34H,2-3,6-7,10,12-20H2,(H2,43,52). The van der Waals surface area contributed by atoms with Crippen molar-refractivity contribution >= 4 is 52.6 Å².